The number of halogens is 1. The summed E-state index contributed by atoms with van der Waals surface area (Å²) in [4.78, 5) is 13.5. The Bertz CT molecular complexity index is 1230. The van der Waals surface area contributed by atoms with Crippen LogP contribution in [0.5, 0.6) is 11.5 Å². The number of anilines is 1. The smallest absolute Gasteiger partial charge is 0.233 e. The number of carbonyl (C=O) groups is 1. The lowest BCUT2D eigenvalue weighted by atomic mass is 9.72. The summed E-state index contributed by atoms with van der Waals surface area (Å²) in [7, 11) is 0. The number of allylic oxidation sites excluding steroid dienone is 2. The molecule has 32 heavy (non-hydrogen) atoms. The Balaban J connectivity index is 1.61. The quantitative estimate of drug-likeness (QED) is 0.530. The predicted octanol–water partition coefficient (Wildman–Crippen LogP) is 5.70. The third-order valence-corrected chi connectivity index (χ3v) is 6.47. The molecule has 0 amide bonds. The second kappa shape index (κ2) is 8.02. The van der Waals surface area contributed by atoms with E-state index in [-0.39, 0.29) is 23.4 Å². The van der Waals surface area contributed by atoms with Gasteiger partial charge in [0.2, 0.25) is 5.88 Å². The highest BCUT2D eigenvalue weighted by molar-refractivity contribution is 6.30. The first-order valence-corrected chi connectivity index (χ1v) is 11.0. The number of carbonyl (C=O) groups excluding carboxylic acids is 1. The summed E-state index contributed by atoms with van der Waals surface area (Å²) in [5, 5.41) is 18.3. The Hall–Kier alpha value is -3.25. The number of benzene rings is 2. The SMILES string of the molecule is CCOc1cc([C@H]2C3=C(C[C@H](c4ccc(Cl)cc4)CC3=O)Nc3onc(C)c32)ccc1O. The third kappa shape index (κ3) is 3.45. The van der Waals surface area contributed by atoms with E-state index in [1.165, 1.54) is 0 Å². The average molecular weight is 451 g/mol. The summed E-state index contributed by atoms with van der Waals surface area (Å²) in [6.45, 7) is 4.16. The fourth-order valence-electron chi connectivity index (χ4n) is 4.76. The molecule has 1 aromatic heterocycles. The van der Waals surface area contributed by atoms with Gasteiger partial charge in [-0.15, -0.1) is 0 Å². The molecule has 5 rings (SSSR count). The summed E-state index contributed by atoms with van der Waals surface area (Å²) in [6, 6.07) is 12.9. The maximum Gasteiger partial charge on any atom is 0.233 e. The molecule has 3 aromatic rings. The molecule has 0 saturated heterocycles. The Morgan fingerprint density at radius 1 is 1.19 bits per heavy atom. The number of Topliss-reactive ketones (excluding diaryl/α,β-unsaturated/α-hetero) is 1. The van der Waals surface area contributed by atoms with Crippen molar-refractivity contribution >= 4 is 23.3 Å². The molecule has 0 saturated carbocycles. The molecule has 164 valence electrons. The molecule has 0 spiro atoms. The van der Waals surface area contributed by atoms with Crippen molar-refractivity contribution < 1.29 is 19.2 Å². The normalized spacial score (nSPS) is 19.9. The number of hydrogen-bond acceptors (Lipinski definition) is 6. The van der Waals surface area contributed by atoms with E-state index in [4.69, 9.17) is 20.9 Å². The van der Waals surface area contributed by atoms with Gasteiger partial charge < -0.3 is 19.7 Å². The van der Waals surface area contributed by atoms with Crippen LogP contribution in [0.3, 0.4) is 0 Å². The first-order chi connectivity index (χ1) is 15.5. The number of phenols is 1. The lowest BCUT2D eigenvalue weighted by Crippen LogP contribution is -2.29. The molecule has 2 aromatic carbocycles. The van der Waals surface area contributed by atoms with Gasteiger partial charge in [0, 0.05) is 28.6 Å². The standard InChI is InChI=1S/C25H23ClN2O4/c1-3-31-21-12-15(6-9-19(21)29)23-22-13(2)28-32-25(22)27-18-10-16(11-20(30)24(18)23)14-4-7-17(26)8-5-14/h4-9,12,16,23,27,29H,3,10-11H2,1-2H3/t16-,23+/m0/s1. The van der Waals surface area contributed by atoms with Gasteiger partial charge in [-0.25, -0.2) is 0 Å². The number of rotatable bonds is 4. The van der Waals surface area contributed by atoms with E-state index in [1.807, 2.05) is 44.2 Å². The number of aromatic hydroxyl groups is 1. The van der Waals surface area contributed by atoms with Crippen molar-refractivity contribution in [3.8, 4) is 11.5 Å². The molecular weight excluding hydrogens is 428 g/mol. The molecule has 2 aliphatic rings. The molecular formula is C25H23ClN2O4. The van der Waals surface area contributed by atoms with E-state index >= 15 is 0 Å². The number of nitrogens with one attached hydrogen (secondary N) is 1. The van der Waals surface area contributed by atoms with Crippen LogP contribution >= 0.6 is 11.6 Å². The lowest BCUT2D eigenvalue weighted by Gasteiger charge is -2.34. The van der Waals surface area contributed by atoms with Crippen molar-refractivity contribution in [1.29, 1.82) is 0 Å². The molecule has 2 N–H and O–H groups in total. The topological polar surface area (TPSA) is 84.6 Å². The second-order valence-corrected chi connectivity index (χ2v) is 8.64. The molecule has 2 atom stereocenters. The summed E-state index contributed by atoms with van der Waals surface area (Å²) >= 11 is 6.05. The lowest BCUT2D eigenvalue weighted by molar-refractivity contribution is -0.116. The van der Waals surface area contributed by atoms with Crippen LogP contribution in [0.25, 0.3) is 0 Å². The number of ketones is 1. The van der Waals surface area contributed by atoms with Crippen molar-refractivity contribution in [2.24, 2.45) is 0 Å². The number of aryl methyl sites for hydroxylation is 1. The third-order valence-electron chi connectivity index (χ3n) is 6.22. The highest BCUT2D eigenvalue weighted by Crippen LogP contribution is 2.49. The zero-order valence-corrected chi connectivity index (χ0v) is 18.6. The molecule has 7 heteroatoms. The van der Waals surface area contributed by atoms with Gasteiger partial charge in [0.15, 0.2) is 17.3 Å². The highest BCUT2D eigenvalue weighted by Gasteiger charge is 2.41. The van der Waals surface area contributed by atoms with Gasteiger partial charge in [-0.1, -0.05) is 35.0 Å². The van der Waals surface area contributed by atoms with Crippen molar-refractivity contribution in [2.45, 2.75) is 38.5 Å². The van der Waals surface area contributed by atoms with Crippen molar-refractivity contribution in [3.05, 3.63) is 81.1 Å². The number of fused-ring (bicyclic) bond motifs is 1. The van der Waals surface area contributed by atoms with E-state index in [9.17, 15) is 9.90 Å². The van der Waals surface area contributed by atoms with Gasteiger partial charge in [-0.2, -0.15) is 0 Å². The number of hydrogen-bond donors (Lipinski definition) is 2. The zero-order chi connectivity index (χ0) is 22.4. The fraction of sp³-hybridized carbons (Fsp3) is 0.280. The molecule has 0 fully saturated rings. The molecule has 0 radical (unpaired) electrons. The molecule has 1 aliphatic heterocycles. The minimum Gasteiger partial charge on any atom is -0.504 e. The van der Waals surface area contributed by atoms with E-state index in [2.05, 4.69) is 10.5 Å². The van der Waals surface area contributed by atoms with Gasteiger partial charge >= 0.3 is 0 Å². The Morgan fingerprint density at radius 3 is 2.69 bits per heavy atom. The van der Waals surface area contributed by atoms with Crippen LogP contribution in [-0.2, 0) is 4.79 Å². The van der Waals surface area contributed by atoms with Crippen LogP contribution in [-0.4, -0.2) is 22.7 Å². The maximum absolute atomic E-state index is 13.5. The maximum atomic E-state index is 13.5. The van der Waals surface area contributed by atoms with Crippen molar-refractivity contribution in [1.82, 2.24) is 5.16 Å². The molecule has 0 bridgehead atoms. The molecule has 1 aliphatic carbocycles. The van der Waals surface area contributed by atoms with Crippen molar-refractivity contribution in [2.75, 3.05) is 11.9 Å². The Kier molecular flexibility index (Phi) is 5.18. The first kappa shape index (κ1) is 20.6. The van der Waals surface area contributed by atoms with Gasteiger partial charge in [-0.3, -0.25) is 4.79 Å². The van der Waals surface area contributed by atoms with Gasteiger partial charge in [0.05, 0.1) is 17.9 Å². The second-order valence-electron chi connectivity index (χ2n) is 8.20. The van der Waals surface area contributed by atoms with E-state index in [0.29, 0.717) is 36.1 Å². The summed E-state index contributed by atoms with van der Waals surface area (Å²) < 4.78 is 11.2. The van der Waals surface area contributed by atoms with Crippen LogP contribution in [0.1, 0.15) is 54.0 Å². The Morgan fingerprint density at radius 2 is 1.94 bits per heavy atom. The summed E-state index contributed by atoms with van der Waals surface area (Å²) in [6.07, 6.45) is 1.09. The highest BCUT2D eigenvalue weighted by atomic mass is 35.5. The summed E-state index contributed by atoms with van der Waals surface area (Å²) in [5.74, 6) is 0.812. The minimum absolute atomic E-state index is 0.0519. The minimum atomic E-state index is -0.342. The largest absolute Gasteiger partial charge is 0.504 e. The number of aromatic nitrogens is 1. The van der Waals surface area contributed by atoms with Crippen LogP contribution in [0.2, 0.25) is 5.02 Å². The average Bonchev–Trinajstić information content (AvgIpc) is 3.15. The van der Waals surface area contributed by atoms with E-state index in [0.717, 1.165) is 33.7 Å². The number of nitrogens with zero attached hydrogens (tertiary/aromatic N) is 1. The fourth-order valence-corrected chi connectivity index (χ4v) is 4.88. The van der Waals surface area contributed by atoms with E-state index in [1.54, 1.807) is 12.1 Å². The summed E-state index contributed by atoms with van der Waals surface area (Å²) in [5.41, 5.74) is 5.07. The van der Waals surface area contributed by atoms with Crippen LogP contribution in [0.4, 0.5) is 5.88 Å². The van der Waals surface area contributed by atoms with Crippen molar-refractivity contribution in [3.63, 3.8) is 0 Å². The zero-order valence-electron chi connectivity index (χ0n) is 17.8. The predicted molar refractivity (Wildman–Crippen MR) is 121 cm³/mol. The first-order valence-electron chi connectivity index (χ1n) is 10.7. The molecule has 0 unspecified atom stereocenters. The van der Waals surface area contributed by atoms with Crippen LogP contribution in [0.15, 0.2) is 58.3 Å². The van der Waals surface area contributed by atoms with E-state index < -0.39 is 0 Å². The Labute approximate surface area is 190 Å². The van der Waals surface area contributed by atoms with Gasteiger partial charge in [0.1, 0.15) is 0 Å². The van der Waals surface area contributed by atoms with Gasteiger partial charge in [-0.05, 0) is 61.6 Å². The molecule has 2 heterocycles. The van der Waals surface area contributed by atoms with Crippen LogP contribution in [0, 0.1) is 6.92 Å². The number of phenolic OH excluding ortho intramolecular Hbond substituents is 1. The molecule has 6 nitrogen and oxygen atoms in total. The number of ether oxygens (including phenoxy) is 1. The van der Waals surface area contributed by atoms with Crippen LogP contribution < -0.4 is 10.1 Å². The monoisotopic (exact) mass is 450 g/mol. The van der Waals surface area contributed by atoms with Gasteiger partial charge in [0.25, 0.3) is 0 Å².